The van der Waals surface area contributed by atoms with Gasteiger partial charge >= 0.3 is 12.3 Å². The van der Waals surface area contributed by atoms with Crippen LogP contribution in [0, 0.1) is 0 Å². The van der Waals surface area contributed by atoms with E-state index in [1.165, 1.54) is 4.90 Å². The first kappa shape index (κ1) is 19.5. The molecule has 1 amide bonds. The number of carbonyl (C=O) groups excluding carboxylic acids is 1. The third-order valence-electron chi connectivity index (χ3n) is 3.89. The van der Waals surface area contributed by atoms with E-state index in [1.807, 2.05) is 0 Å². The van der Waals surface area contributed by atoms with Gasteiger partial charge in [0.05, 0.1) is 17.8 Å². The summed E-state index contributed by atoms with van der Waals surface area (Å²) in [5, 5.41) is 20.9. The number of likely N-dealkylation sites (tertiary alicyclic amines) is 1. The van der Waals surface area contributed by atoms with Gasteiger partial charge in [-0.2, -0.15) is 13.2 Å². The molecule has 25 heavy (non-hydrogen) atoms. The maximum Gasteiger partial charge on any atom is 0.416 e. The lowest BCUT2D eigenvalue weighted by molar-refractivity contribution is -0.139. The van der Waals surface area contributed by atoms with E-state index >= 15 is 0 Å². The van der Waals surface area contributed by atoms with Crippen LogP contribution in [0.25, 0.3) is 0 Å². The van der Waals surface area contributed by atoms with Crippen LogP contribution in [0.4, 0.5) is 18.0 Å². The summed E-state index contributed by atoms with van der Waals surface area (Å²) < 4.78 is 43.7. The molecule has 0 aromatic carbocycles. The van der Waals surface area contributed by atoms with Gasteiger partial charge in [0.1, 0.15) is 17.3 Å². The van der Waals surface area contributed by atoms with Crippen molar-refractivity contribution >= 4 is 6.09 Å². The van der Waals surface area contributed by atoms with Crippen LogP contribution in [0.1, 0.15) is 38.4 Å². The average molecular weight is 362 g/mol. The van der Waals surface area contributed by atoms with E-state index in [4.69, 9.17) is 4.74 Å². The molecule has 1 aromatic heterocycles. The van der Waals surface area contributed by atoms with Gasteiger partial charge in [-0.05, 0) is 32.9 Å². The maximum atomic E-state index is 12.8. The van der Waals surface area contributed by atoms with Crippen molar-refractivity contribution in [2.24, 2.45) is 0 Å². The van der Waals surface area contributed by atoms with Crippen molar-refractivity contribution in [3.63, 3.8) is 0 Å². The Labute approximate surface area is 143 Å². The molecule has 2 rings (SSSR count). The fourth-order valence-electron chi connectivity index (χ4n) is 2.56. The molecule has 0 spiro atoms. The van der Waals surface area contributed by atoms with E-state index in [-0.39, 0.29) is 25.2 Å². The number of amides is 1. The smallest absolute Gasteiger partial charge is 0.416 e. The molecule has 1 fully saturated rings. The Morgan fingerprint density at radius 3 is 2.56 bits per heavy atom. The lowest BCUT2D eigenvalue weighted by Gasteiger charge is -2.41. The first-order chi connectivity index (χ1) is 11.3. The van der Waals surface area contributed by atoms with Crippen LogP contribution in [-0.4, -0.2) is 51.0 Å². The Balaban J connectivity index is 2.18. The number of nitrogens with zero attached hydrogens (tertiary/aromatic N) is 2. The molecule has 1 saturated heterocycles. The number of ether oxygens (including phenoxy) is 1. The minimum Gasteiger partial charge on any atom is -0.444 e. The second-order valence-corrected chi connectivity index (χ2v) is 7.04. The number of pyridine rings is 1. The molecule has 1 aliphatic heterocycles. The number of halogens is 3. The van der Waals surface area contributed by atoms with Gasteiger partial charge in [-0.15, -0.1) is 0 Å². The number of hydrogen-bond donors (Lipinski definition) is 2. The topological polar surface area (TPSA) is 82.9 Å². The van der Waals surface area contributed by atoms with Crippen molar-refractivity contribution in [2.75, 3.05) is 13.1 Å². The summed E-state index contributed by atoms with van der Waals surface area (Å²) in [6.45, 7) is 4.81. The summed E-state index contributed by atoms with van der Waals surface area (Å²) in [6.07, 6.45) is -5.98. The molecule has 0 aliphatic carbocycles. The molecule has 1 aromatic rings. The maximum absolute atomic E-state index is 12.8. The van der Waals surface area contributed by atoms with Crippen LogP contribution in [0.5, 0.6) is 0 Å². The third kappa shape index (κ3) is 4.40. The van der Waals surface area contributed by atoms with Gasteiger partial charge in [0.25, 0.3) is 0 Å². The summed E-state index contributed by atoms with van der Waals surface area (Å²) in [4.78, 5) is 17.0. The minimum absolute atomic E-state index is 0.0143. The number of rotatable bonds is 1. The van der Waals surface area contributed by atoms with Crippen molar-refractivity contribution < 1.29 is 32.9 Å². The molecule has 0 unspecified atom stereocenters. The van der Waals surface area contributed by atoms with Gasteiger partial charge in [-0.1, -0.05) is 0 Å². The van der Waals surface area contributed by atoms with Gasteiger partial charge in [-0.3, -0.25) is 4.98 Å². The zero-order valence-electron chi connectivity index (χ0n) is 14.2. The summed E-state index contributed by atoms with van der Waals surface area (Å²) in [5.41, 5.74) is -3.94. The standard InChI is InChI=1S/C16H21F3N2O4/c1-14(2,3)25-13(23)21-7-5-15(24,12(22)9-21)11-8-10(4-6-20-11)16(17,18)19/h4,6,8,12,22,24H,5,7,9H2,1-3H3/t12-,15-/m1/s1. The van der Waals surface area contributed by atoms with Crippen LogP contribution >= 0.6 is 0 Å². The Bertz CT molecular complexity index is 645. The fourth-order valence-corrected chi connectivity index (χ4v) is 2.56. The van der Waals surface area contributed by atoms with Gasteiger partial charge < -0.3 is 19.8 Å². The summed E-state index contributed by atoms with van der Waals surface area (Å²) in [5.74, 6) is 0. The Morgan fingerprint density at radius 2 is 2.04 bits per heavy atom. The molecule has 6 nitrogen and oxygen atoms in total. The van der Waals surface area contributed by atoms with Crippen LogP contribution in [0.15, 0.2) is 18.3 Å². The zero-order valence-corrected chi connectivity index (χ0v) is 14.2. The first-order valence-electron chi connectivity index (χ1n) is 7.75. The number of aromatic nitrogens is 1. The molecule has 0 bridgehead atoms. The first-order valence-corrected chi connectivity index (χ1v) is 7.75. The Kier molecular flexibility index (Phi) is 5.02. The highest BCUT2D eigenvalue weighted by molar-refractivity contribution is 5.68. The number of alkyl halides is 3. The number of hydrogen-bond acceptors (Lipinski definition) is 5. The molecule has 2 heterocycles. The van der Waals surface area contributed by atoms with Crippen LogP contribution in [-0.2, 0) is 16.5 Å². The minimum atomic E-state index is -4.59. The molecule has 140 valence electrons. The van der Waals surface area contributed by atoms with E-state index in [2.05, 4.69) is 4.98 Å². The average Bonchev–Trinajstić information content (AvgIpc) is 2.47. The van der Waals surface area contributed by atoms with E-state index in [0.717, 1.165) is 12.3 Å². The highest BCUT2D eigenvalue weighted by Gasteiger charge is 2.46. The van der Waals surface area contributed by atoms with Crippen molar-refractivity contribution in [3.8, 4) is 0 Å². The molecule has 0 radical (unpaired) electrons. The zero-order chi connectivity index (χ0) is 19.0. The van der Waals surface area contributed by atoms with Crippen LogP contribution < -0.4 is 0 Å². The molecule has 0 saturated carbocycles. The highest BCUT2D eigenvalue weighted by atomic mass is 19.4. The third-order valence-corrected chi connectivity index (χ3v) is 3.89. The second kappa shape index (κ2) is 6.45. The normalized spacial score (nSPS) is 25.0. The predicted molar refractivity (Wildman–Crippen MR) is 81.6 cm³/mol. The molecule has 1 aliphatic rings. The molecule has 9 heteroatoms. The van der Waals surface area contributed by atoms with Crippen LogP contribution in [0.2, 0.25) is 0 Å². The van der Waals surface area contributed by atoms with Crippen LogP contribution in [0.3, 0.4) is 0 Å². The molecule has 2 N–H and O–H groups in total. The molecular formula is C16H21F3N2O4. The lowest BCUT2D eigenvalue weighted by Crippen LogP contribution is -2.56. The number of aliphatic hydroxyl groups is 2. The van der Waals surface area contributed by atoms with Crippen molar-refractivity contribution in [2.45, 2.75) is 50.7 Å². The lowest BCUT2D eigenvalue weighted by atomic mass is 9.84. The highest BCUT2D eigenvalue weighted by Crippen LogP contribution is 2.36. The van der Waals surface area contributed by atoms with Gasteiger partial charge in [-0.25, -0.2) is 4.79 Å². The number of β-amino-alcohol motifs (C(OH)–C–C–N with tert-alkyl or cyclic N) is 1. The summed E-state index contributed by atoms with van der Waals surface area (Å²) in [7, 11) is 0. The number of carbonyl (C=O) groups is 1. The SMILES string of the molecule is CC(C)(C)OC(=O)N1CC[C@@](O)(c2cc(C(F)(F)F)ccn2)[C@H](O)C1. The van der Waals surface area contributed by atoms with Gasteiger partial charge in [0, 0.05) is 19.2 Å². The monoisotopic (exact) mass is 362 g/mol. The van der Waals surface area contributed by atoms with E-state index < -0.39 is 35.1 Å². The fraction of sp³-hybridized carbons (Fsp3) is 0.625. The quantitative estimate of drug-likeness (QED) is 0.801. The van der Waals surface area contributed by atoms with Crippen molar-refractivity contribution in [1.29, 1.82) is 0 Å². The van der Waals surface area contributed by atoms with E-state index in [9.17, 15) is 28.2 Å². The van der Waals surface area contributed by atoms with Gasteiger partial charge in [0.2, 0.25) is 0 Å². The van der Waals surface area contributed by atoms with Gasteiger partial charge in [0.15, 0.2) is 0 Å². The van der Waals surface area contributed by atoms with Crippen molar-refractivity contribution in [1.82, 2.24) is 9.88 Å². The van der Waals surface area contributed by atoms with E-state index in [0.29, 0.717) is 6.07 Å². The molecular weight excluding hydrogens is 341 g/mol. The Morgan fingerprint density at radius 1 is 1.40 bits per heavy atom. The largest absolute Gasteiger partial charge is 0.444 e. The predicted octanol–water partition coefficient (Wildman–Crippen LogP) is 2.29. The summed E-state index contributed by atoms with van der Waals surface area (Å²) in [6, 6.07) is 1.50. The second-order valence-electron chi connectivity index (χ2n) is 7.04. The number of piperidine rings is 1. The van der Waals surface area contributed by atoms with E-state index in [1.54, 1.807) is 20.8 Å². The molecule has 2 atom stereocenters. The summed E-state index contributed by atoms with van der Waals surface area (Å²) >= 11 is 0. The Hall–Kier alpha value is -1.87. The number of aliphatic hydroxyl groups excluding tert-OH is 1. The van der Waals surface area contributed by atoms with Crippen molar-refractivity contribution in [3.05, 3.63) is 29.6 Å².